The summed E-state index contributed by atoms with van der Waals surface area (Å²) in [4.78, 5) is 13.8. The molecule has 1 aromatic carbocycles. The van der Waals surface area contributed by atoms with Crippen molar-refractivity contribution in [2.45, 2.75) is 45.3 Å². The molecule has 2 fully saturated rings. The zero-order valence-corrected chi connectivity index (χ0v) is 13.1. The molecule has 0 aromatic heterocycles. The second-order valence-corrected chi connectivity index (χ2v) is 7.45. The maximum Gasteiger partial charge on any atom is 0.410 e. The molecule has 4 nitrogen and oxygen atoms in total. The van der Waals surface area contributed by atoms with Gasteiger partial charge in [0.15, 0.2) is 0 Å². The molecule has 21 heavy (non-hydrogen) atoms. The van der Waals surface area contributed by atoms with Gasteiger partial charge in [0.05, 0.1) is 0 Å². The van der Waals surface area contributed by atoms with Crippen LogP contribution >= 0.6 is 0 Å². The number of ether oxygens (including phenoxy) is 1. The van der Waals surface area contributed by atoms with Crippen LogP contribution in [0, 0.1) is 5.41 Å². The van der Waals surface area contributed by atoms with Gasteiger partial charge >= 0.3 is 6.09 Å². The first kappa shape index (κ1) is 14.2. The average Bonchev–Trinajstić information content (AvgIpc) is 2.29. The lowest BCUT2D eigenvalue weighted by atomic mass is 9.60. The molecule has 1 spiro atoms. The summed E-state index contributed by atoms with van der Waals surface area (Å²) in [5.74, 6) is 0. The standard InChI is InChI=1S/C17H24N2O2/c1-16(2,3)21-15(20)19-11-17(12-19)9-14(10-17)18-13-7-5-4-6-8-13/h4-8,14,18H,9-12H2,1-3H3. The van der Waals surface area contributed by atoms with Crippen LogP contribution in [0.5, 0.6) is 0 Å². The van der Waals surface area contributed by atoms with Crippen molar-refractivity contribution in [2.75, 3.05) is 18.4 Å². The van der Waals surface area contributed by atoms with E-state index in [9.17, 15) is 4.79 Å². The van der Waals surface area contributed by atoms with E-state index in [1.807, 2.05) is 43.9 Å². The van der Waals surface area contributed by atoms with Crippen molar-refractivity contribution >= 4 is 11.8 Å². The van der Waals surface area contributed by atoms with Gasteiger partial charge in [-0.3, -0.25) is 0 Å². The first-order chi connectivity index (χ1) is 9.85. The molecule has 1 aliphatic carbocycles. The molecular weight excluding hydrogens is 264 g/mol. The van der Waals surface area contributed by atoms with E-state index < -0.39 is 5.60 Å². The number of rotatable bonds is 2. The van der Waals surface area contributed by atoms with E-state index in [-0.39, 0.29) is 6.09 Å². The molecular formula is C17H24N2O2. The molecule has 1 heterocycles. The Bertz CT molecular complexity index is 507. The smallest absolute Gasteiger partial charge is 0.410 e. The summed E-state index contributed by atoms with van der Waals surface area (Å²) in [7, 11) is 0. The van der Waals surface area contributed by atoms with Crippen LogP contribution in [-0.2, 0) is 4.74 Å². The predicted molar refractivity (Wildman–Crippen MR) is 83.3 cm³/mol. The molecule has 0 radical (unpaired) electrons. The predicted octanol–water partition coefficient (Wildman–Crippen LogP) is 3.50. The number of likely N-dealkylation sites (tertiary alicyclic amines) is 1. The maximum absolute atomic E-state index is 11.9. The first-order valence-corrected chi connectivity index (χ1v) is 7.65. The number of nitrogens with one attached hydrogen (secondary N) is 1. The summed E-state index contributed by atoms with van der Waals surface area (Å²) in [5, 5.41) is 3.55. The molecule has 1 N–H and O–H groups in total. The summed E-state index contributed by atoms with van der Waals surface area (Å²) in [6.07, 6.45) is 2.11. The van der Waals surface area contributed by atoms with Crippen molar-refractivity contribution in [2.24, 2.45) is 5.41 Å². The Labute approximate surface area is 126 Å². The third kappa shape index (κ3) is 3.14. The van der Waals surface area contributed by atoms with Crippen LogP contribution in [0.3, 0.4) is 0 Å². The Hall–Kier alpha value is -1.71. The number of hydrogen-bond donors (Lipinski definition) is 1. The number of nitrogens with zero attached hydrogens (tertiary/aromatic N) is 1. The third-order valence-electron chi connectivity index (χ3n) is 4.21. The van der Waals surface area contributed by atoms with Crippen molar-refractivity contribution in [3.8, 4) is 0 Å². The highest BCUT2D eigenvalue weighted by molar-refractivity contribution is 5.69. The number of carbonyl (C=O) groups excluding carboxylic acids is 1. The molecule has 0 atom stereocenters. The fraction of sp³-hybridized carbons (Fsp3) is 0.588. The van der Waals surface area contributed by atoms with Gasteiger partial charge in [-0.15, -0.1) is 0 Å². The summed E-state index contributed by atoms with van der Waals surface area (Å²) in [6.45, 7) is 7.40. The number of amides is 1. The lowest BCUT2D eigenvalue weighted by Crippen LogP contribution is -2.66. The number of anilines is 1. The van der Waals surface area contributed by atoms with Gasteiger partial charge in [0, 0.05) is 30.2 Å². The minimum Gasteiger partial charge on any atom is -0.444 e. The highest BCUT2D eigenvalue weighted by Gasteiger charge is 2.54. The topological polar surface area (TPSA) is 41.6 Å². The van der Waals surface area contributed by atoms with Crippen molar-refractivity contribution in [3.63, 3.8) is 0 Å². The van der Waals surface area contributed by atoms with Crippen LogP contribution in [0.4, 0.5) is 10.5 Å². The van der Waals surface area contributed by atoms with Crippen LogP contribution in [0.2, 0.25) is 0 Å². The van der Waals surface area contributed by atoms with Crippen molar-refractivity contribution in [3.05, 3.63) is 30.3 Å². The van der Waals surface area contributed by atoms with Gasteiger partial charge in [-0.25, -0.2) is 4.79 Å². The number of benzene rings is 1. The molecule has 1 saturated carbocycles. The van der Waals surface area contributed by atoms with Crippen LogP contribution in [0.15, 0.2) is 30.3 Å². The van der Waals surface area contributed by atoms with Crippen LogP contribution in [0.1, 0.15) is 33.6 Å². The molecule has 1 aromatic rings. The van der Waals surface area contributed by atoms with E-state index >= 15 is 0 Å². The van der Waals surface area contributed by atoms with Crippen molar-refractivity contribution < 1.29 is 9.53 Å². The van der Waals surface area contributed by atoms with E-state index in [1.54, 1.807) is 0 Å². The van der Waals surface area contributed by atoms with Crippen LogP contribution < -0.4 is 5.32 Å². The largest absolute Gasteiger partial charge is 0.444 e. The van der Waals surface area contributed by atoms with E-state index in [0.717, 1.165) is 25.9 Å². The Morgan fingerprint density at radius 3 is 2.43 bits per heavy atom. The SMILES string of the molecule is CC(C)(C)OC(=O)N1CC2(CC(Nc3ccccc3)C2)C1. The average molecular weight is 288 g/mol. The Morgan fingerprint density at radius 2 is 1.86 bits per heavy atom. The van der Waals surface area contributed by atoms with Gasteiger partial charge in [0.25, 0.3) is 0 Å². The second-order valence-electron chi connectivity index (χ2n) is 7.45. The van der Waals surface area contributed by atoms with Gasteiger partial charge in [-0.1, -0.05) is 18.2 Å². The molecule has 4 heteroatoms. The van der Waals surface area contributed by atoms with Crippen LogP contribution in [0.25, 0.3) is 0 Å². The molecule has 1 aliphatic heterocycles. The zero-order chi connectivity index (χ0) is 15.1. The Balaban J connectivity index is 1.43. The van der Waals surface area contributed by atoms with Gasteiger partial charge in [-0.2, -0.15) is 0 Å². The summed E-state index contributed by atoms with van der Waals surface area (Å²) >= 11 is 0. The van der Waals surface area contributed by atoms with Gasteiger partial charge < -0.3 is 15.0 Å². The highest BCUT2D eigenvalue weighted by Crippen LogP contribution is 2.49. The highest BCUT2D eigenvalue weighted by atomic mass is 16.6. The minimum absolute atomic E-state index is 0.174. The normalized spacial score (nSPS) is 20.6. The lowest BCUT2D eigenvalue weighted by Gasteiger charge is -2.58. The molecule has 3 rings (SSSR count). The summed E-state index contributed by atoms with van der Waals surface area (Å²) in [6, 6.07) is 10.8. The van der Waals surface area contributed by atoms with Crippen molar-refractivity contribution in [1.29, 1.82) is 0 Å². The maximum atomic E-state index is 11.9. The minimum atomic E-state index is -0.406. The number of para-hydroxylation sites is 1. The fourth-order valence-electron chi connectivity index (χ4n) is 3.33. The Morgan fingerprint density at radius 1 is 1.24 bits per heavy atom. The third-order valence-corrected chi connectivity index (χ3v) is 4.21. The molecule has 2 aliphatic rings. The molecule has 0 bridgehead atoms. The van der Waals surface area contributed by atoms with Gasteiger partial charge in [0.1, 0.15) is 5.60 Å². The number of carbonyl (C=O) groups is 1. The second kappa shape index (κ2) is 4.93. The van der Waals surface area contributed by atoms with Crippen molar-refractivity contribution in [1.82, 2.24) is 4.90 Å². The van der Waals surface area contributed by atoms with Gasteiger partial charge in [0.2, 0.25) is 0 Å². The van der Waals surface area contributed by atoms with Gasteiger partial charge in [-0.05, 0) is 45.7 Å². The van der Waals surface area contributed by atoms with E-state index in [0.29, 0.717) is 11.5 Å². The first-order valence-electron chi connectivity index (χ1n) is 7.65. The van der Waals surface area contributed by atoms with E-state index in [1.165, 1.54) is 5.69 Å². The quantitative estimate of drug-likeness (QED) is 0.905. The summed E-state index contributed by atoms with van der Waals surface area (Å²) < 4.78 is 5.40. The lowest BCUT2D eigenvalue weighted by molar-refractivity contribution is -0.0738. The molecule has 1 amide bonds. The molecule has 114 valence electrons. The zero-order valence-electron chi connectivity index (χ0n) is 13.1. The monoisotopic (exact) mass is 288 g/mol. The Kier molecular flexibility index (Phi) is 3.34. The van der Waals surface area contributed by atoms with E-state index in [2.05, 4.69) is 17.4 Å². The number of hydrogen-bond acceptors (Lipinski definition) is 3. The summed E-state index contributed by atoms with van der Waals surface area (Å²) in [5.41, 5.74) is 1.11. The van der Waals surface area contributed by atoms with E-state index in [4.69, 9.17) is 4.74 Å². The molecule has 1 saturated heterocycles. The fourth-order valence-corrected chi connectivity index (χ4v) is 3.33. The van der Waals surface area contributed by atoms with Crippen LogP contribution in [-0.4, -0.2) is 35.7 Å². The molecule has 0 unspecified atom stereocenters.